The Bertz CT molecular complexity index is 279. The van der Waals surface area contributed by atoms with Crippen molar-refractivity contribution in [3.8, 4) is 0 Å². The fourth-order valence-electron chi connectivity index (χ4n) is 1.61. The lowest BCUT2D eigenvalue weighted by Crippen LogP contribution is -2.51. The Morgan fingerprint density at radius 2 is 1.83 bits per heavy atom. The summed E-state index contributed by atoms with van der Waals surface area (Å²) in [6.45, 7) is 7.86. The van der Waals surface area contributed by atoms with Gasteiger partial charge in [-0.25, -0.2) is 4.79 Å². The number of nitrogens with two attached hydrogens (primary N) is 1. The second-order valence-corrected chi connectivity index (χ2v) is 5.13. The number of methoxy groups -OCH3 is 1. The molecule has 0 spiro atoms. The Hall–Kier alpha value is -1.10. The number of rotatable bonds is 7. The van der Waals surface area contributed by atoms with Crippen molar-refractivity contribution >= 4 is 11.9 Å². The predicted molar refractivity (Wildman–Crippen MR) is 70.8 cm³/mol. The first-order chi connectivity index (χ1) is 8.33. The van der Waals surface area contributed by atoms with Crippen molar-refractivity contribution in [2.45, 2.75) is 52.6 Å². The van der Waals surface area contributed by atoms with Gasteiger partial charge in [-0.3, -0.25) is 4.79 Å². The van der Waals surface area contributed by atoms with Gasteiger partial charge in [-0.1, -0.05) is 34.1 Å². The van der Waals surface area contributed by atoms with Crippen LogP contribution < -0.4 is 11.1 Å². The Morgan fingerprint density at radius 1 is 1.28 bits per heavy atom. The minimum Gasteiger partial charge on any atom is -0.467 e. The number of carbonyl (C=O) groups is 2. The molecule has 0 bridgehead atoms. The Morgan fingerprint density at radius 3 is 2.22 bits per heavy atom. The van der Waals surface area contributed by atoms with Crippen LogP contribution in [0.15, 0.2) is 0 Å². The molecule has 0 fully saturated rings. The summed E-state index contributed by atoms with van der Waals surface area (Å²) in [6.07, 6.45) is 1.37. The second kappa shape index (κ2) is 8.08. The van der Waals surface area contributed by atoms with Gasteiger partial charge in [0.05, 0.1) is 13.2 Å². The third kappa shape index (κ3) is 5.49. The summed E-state index contributed by atoms with van der Waals surface area (Å²) in [5.74, 6) is -0.342. The van der Waals surface area contributed by atoms with Gasteiger partial charge in [0.2, 0.25) is 5.91 Å². The number of amides is 1. The van der Waals surface area contributed by atoms with E-state index in [0.717, 1.165) is 6.42 Å². The topological polar surface area (TPSA) is 81.4 Å². The number of hydrogen-bond acceptors (Lipinski definition) is 4. The van der Waals surface area contributed by atoms with E-state index >= 15 is 0 Å². The summed E-state index contributed by atoms with van der Waals surface area (Å²) < 4.78 is 4.69. The average Bonchev–Trinajstić information content (AvgIpc) is 2.34. The minimum absolute atomic E-state index is 0.0855. The molecular weight excluding hydrogens is 232 g/mol. The van der Waals surface area contributed by atoms with Crippen LogP contribution in [-0.4, -0.2) is 31.1 Å². The van der Waals surface area contributed by atoms with Crippen molar-refractivity contribution in [2.24, 2.45) is 17.6 Å². The summed E-state index contributed by atoms with van der Waals surface area (Å²) in [4.78, 5) is 23.5. The summed E-state index contributed by atoms with van der Waals surface area (Å²) in [5.41, 5.74) is 5.83. The van der Waals surface area contributed by atoms with E-state index in [1.807, 2.05) is 27.7 Å². The molecule has 0 aromatic carbocycles. The zero-order valence-electron chi connectivity index (χ0n) is 12.0. The van der Waals surface area contributed by atoms with E-state index in [-0.39, 0.29) is 17.7 Å². The summed E-state index contributed by atoms with van der Waals surface area (Å²) in [7, 11) is 1.32. The molecule has 0 aliphatic carbocycles. The van der Waals surface area contributed by atoms with Crippen LogP contribution in [-0.2, 0) is 14.3 Å². The zero-order valence-corrected chi connectivity index (χ0v) is 12.0. The van der Waals surface area contributed by atoms with Gasteiger partial charge >= 0.3 is 5.97 Å². The first kappa shape index (κ1) is 16.9. The van der Waals surface area contributed by atoms with E-state index in [2.05, 4.69) is 10.1 Å². The molecule has 106 valence electrons. The number of ether oxygens (including phenoxy) is 1. The number of nitrogens with one attached hydrogen (secondary N) is 1. The lowest BCUT2D eigenvalue weighted by Gasteiger charge is -2.23. The highest BCUT2D eigenvalue weighted by atomic mass is 16.5. The standard InChI is InChI=1S/C13H26N2O3/c1-6-9(4)11(14)12(16)15-10(7-8(2)3)13(17)18-5/h8-11H,6-7,14H2,1-5H3,(H,15,16)/t9-,10-,11-/m0/s1. The van der Waals surface area contributed by atoms with Crippen LogP contribution in [0.5, 0.6) is 0 Å². The van der Waals surface area contributed by atoms with Crippen molar-refractivity contribution in [3.05, 3.63) is 0 Å². The van der Waals surface area contributed by atoms with Crippen LogP contribution in [0.4, 0.5) is 0 Å². The molecule has 0 aromatic heterocycles. The molecule has 0 heterocycles. The van der Waals surface area contributed by atoms with Gasteiger partial charge in [-0.15, -0.1) is 0 Å². The van der Waals surface area contributed by atoms with Crippen LogP contribution >= 0.6 is 0 Å². The Kier molecular flexibility index (Phi) is 7.59. The van der Waals surface area contributed by atoms with E-state index in [4.69, 9.17) is 5.73 Å². The first-order valence-corrected chi connectivity index (χ1v) is 6.47. The van der Waals surface area contributed by atoms with E-state index < -0.39 is 18.1 Å². The van der Waals surface area contributed by atoms with Crippen LogP contribution in [0, 0.1) is 11.8 Å². The molecule has 5 heteroatoms. The molecule has 3 atom stereocenters. The highest BCUT2D eigenvalue weighted by molar-refractivity contribution is 5.87. The Labute approximate surface area is 109 Å². The van der Waals surface area contributed by atoms with Crippen molar-refractivity contribution < 1.29 is 14.3 Å². The molecule has 1 amide bonds. The average molecular weight is 258 g/mol. The van der Waals surface area contributed by atoms with Crippen molar-refractivity contribution in [2.75, 3.05) is 7.11 Å². The fourth-order valence-corrected chi connectivity index (χ4v) is 1.61. The van der Waals surface area contributed by atoms with Crippen molar-refractivity contribution in [1.29, 1.82) is 0 Å². The lowest BCUT2D eigenvalue weighted by molar-refractivity contribution is -0.145. The van der Waals surface area contributed by atoms with E-state index in [1.54, 1.807) is 0 Å². The molecule has 0 saturated heterocycles. The maximum absolute atomic E-state index is 11.9. The quantitative estimate of drug-likeness (QED) is 0.669. The van der Waals surface area contributed by atoms with Gasteiger partial charge < -0.3 is 15.8 Å². The van der Waals surface area contributed by atoms with Gasteiger partial charge in [0.25, 0.3) is 0 Å². The van der Waals surface area contributed by atoms with Crippen molar-refractivity contribution in [3.63, 3.8) is 0 Å². The van der Waals surface area contributed by atoms with Crippen LogP contribution in [0.1, 0.15) is 40.5 Å². The van der Waals surface area contributed by atoms with Gasteiger partial charge in [0, 0.05) is 0 Å². The molecule has 0 radical (unpaired) electrons. The van der Waals surface area contributed by atoms with Gasteiger partial charge in [-0.2, -0.15) is 0 Å². The van der Waals surface area contributed by atoms with Crippen LogP contribution in [0.3, 0.4) is 0 Å². The molecule has 5 nitrogen and oxygen atoms in total. The monoisotopic (exact) mass is 258 g/mol. The van der Waals surface area contributed by atoms with Crippen LogP contribution in [0.2, 0.25) is 0 Å². The molecule has 3 N–H and O–H groups in total. The molecule has 0 saturated carbocycles. The normalized spacial score (nSPS) is 15.9. The van der Waals surface area contributed by atoms with Gasteiger partial charge in [-0.05, 0) is 18.3 Å². The third-order valence-corrected chi connectivity index (χ3v) is 3.07. The molecular formula is C13H26N2O3. The SMILES string of the molecule is CC[C@H](C)[C@H](N)C(=O)N[C@@H](CC(C)C)C(=O)OC. The van der Waals surface area contributed by atoms with Gasteiger partial charge in [0.15, 0.2) is 0 Å². The van der Waals surface area contributed by atoms with E-state index in [1.165, 1.54) is 7.11 Å². The van der Waals surface area contributed by atoms with Gasteiger partial charge in [0.1, 0.15) is 6.04 Å². The molecule has 0 aliphatic heterocycles. The number of hydrogen-bond donors (Lipinski definition) is 2. The second-order valence-electron chi connectivity index (χ2n) is 5.13. The summed E-state index contributed by atoms with van der Waals surface area (Å²) in [6, 6.07) is -1.20. The number of esters is 1. The van der Waals surface area contributed by atoms with E-state index in [9.17, 15) is 9.59 Å². The molecule has 0 aliphatic rings. The summed E-state index contributed by atoms with van der Waals surface area (Å²) >= 11 is 0. The highest BCUT2D eigenvalue weighted by Crippen LogP contribution is 2.09. The van der Waals surface area contributed by atoms with E-state index in [0.29, 0.717) is 6.42 Å². The zero-order chi connectivity index (χ0) is 14.3. The molecule has 18 heavy (non-hydrogen) atoms. The maximum atomic E-state index is 11.9. The molecule has 0 rings (SSSR count). The molecule has 0 unspecified atom stereocenters. The third-order valence-electron chi connectivity index (χ3n) is 3.07. The van der Waals surface area contributed by atoms with Crippen molar-refractivity contribution in [1.82, 2.24) is 5.32 Å². The van der Waals surface area contributed by atoms with Crippen LogP contribution in [0.25, 0.3) is 0 Å². The minimum atomic E-state index is -0.613. The molecule has 0 aromatic rings. The Balaban J connectivity index is 4.57. The lowest BCUT2D eigenvalue weighted by atomic mass is 9.98. The fraction of sp³-hybridized carbons (Fsp3) is 0.846. The predicted octanol–water partition coefficient (Wildman–Crippen LogP) is 1.06. The maximum Gasteiger partial charge on any atom is 0.328 e. The number of carbonyl (C=O) groups excluding carboxylic acids is 2. The smallest absolute Gasteiger partial charge is 0.328 e. The summed E-state index contributed by atoms with van der Waals surface area (Å²) in [5, 5.41) is 2.68. The highest BCUT2D eigenvalue weighted by Gasteiger charge is 2.26. The first-order valence-electron chi connectivity index (χ1n) is 6.47. The largest absolute Gasteiger partial charge is 0.467 e.